The Morgan fingerprint density at radius 2 is 1.14 bits per heavy atom. The first-order chi connectivity index (χ1) is 19.7. The minimum absolute atomic E-state index is 0.0881. The van der Waals surface area contributed by atoms with Gasteiger partial charge in [0.25, 0.3) is 0 Å². The van der Waals surface area contributed by atoms with Gasteiger partial charge in [-0.1, -0.05) is 138 Å². The van der Waals surface area contributed by atoms with Gasteiger partial charge < -0.3 is 9.84 Å². The highest BCUT2D eigenvalue weighted by Crippen LogP contribution is 2.66. The van der Waals surface area contributed by atoms with E-state index in [-0.39, 0.29) is 22.7 Å². The maximum Gasteiger partial charge on any atom is 0.121 e. The van der Waals surface area contributed by atoms with Crippen molar-refractivity contribution in [3.05, 3.63) is 131 Å². The molecule has 0 aromatic carbocycles. The number of fused-ring (bicyclic) bond motifs is 1. The monoisotopic (exact) mass is 568 g/mol. The molecule has 2 heteroatoms. The highest BCUT2D eigenvalue weighted by Gasteiger charge is 2.74. The van der Waals surface area contributed by atoms with Crippen molar-refractivity contribution in [3.63, 3.8) is 0 Å². The predicted molar refractivity (Wildman–Crippen MR) is 184 cm³/mol. The van der Waals surface area contributed by atoms with Gasteiger partial charge in [-0.05, 0) is 80.7 Å². The molecule has 1 saturated heterocycles. The van der Waals surface area contributed by atoms with Crippen molar-refractivity contribution in [2.45, 2.75) is 112 Å². The normalized spacial score (nSPS) is 27.7. The molecule has 0 bridgehead atoms. The zero-order valence-corrected chi connectivity index (χ0v) is 28.0. The number of aliphatic hydroxyl groups is 1. The van der Waals surface area contributed by atoms with Crippen molar-refractivity contribution in [2.75, 3.05) is 0 Å². The van der Waals surface area contributed by atoms with E-state index in [0.29, 0.717) is 6.42 Å². The van der Waals surface area contributed by atoms with Crippen molar-refractivity contribution in [1.29, 1.82) is 0 Å². The third-order valence-corrected chi connectivity index (χ3v) is 8.18. The highest BCUT2D eigenvalue weighted by atomic mass is 16.6. The van der Waals surface area contributed by atoms with Crippen molar-refractivity contribution >= 4 is 0 Å². The quantitative estimate of drug-likeness (QED) is 0.136. The van der Waals surface area contributed by atoms with E-state index in [1.807, 2.05) is 0 Å². The van der Waals surface area contributed by atoms with Crippen LogP contribution in [0.5, 0.6) is 0 Å². The molecule has 0 aromatic rings. The van der Waals surface area contributed by atoms with Gasteiger partial charge in [-0.2, -0.15) is 0 Å². The van der Waals surface area contributed by atoms with Gasteiger partial charge >= 0.3 is 0 Å². The first-order valence-corrected chi connectivity index (χ1v) is 15.5. The molecule has 2 aliphatic rings. The molecular weight excluding hydrogens is 512 g/mol. The van der Waals surface area contributed by atoms with E-state index < -0.39 is 0 Å². The number of hydrogen-bond acceptors (Lipinski definition) is 2. The van der Waals surface area contributed by atoms with E-state index in [1.165, 1.54) is 33.4 Å². The van der Waals surface area contributed by atoms with E-state index in [9.17, 15) is 5.11 Å². The molecular formula is C40H56O2. The fourth-order valence-electron chi connectivity index (χ4n) is 5.70. The van der Waals surface area contributed by atoms with Crippen LogP contribution in [0.4, 0.5) is 0 Å². The second kappa shape index (κ2) is 16.1. The van der Waals surface area contributed by atoms with Gasteiger partial charge in [0.05, 0.1) is 6.10 Å². The van der Waals surface area contributed by atoms with Crippen LogP contribution in [0.3, 0.4) is 0 Å². The number of hydrogen-bond donors (Lipinski definition) is 1. The Balaban J connectivity index is 1.83. The van der Waals surface area contributed by atoms with Gasteiger partial charge in [-0.3, -0.25) is 0 Å². The SMILES string of the molecule is CC(C)=CCCC(C)=CC=CC(C)=CC=CC(C)=CC=CC=C(C)C=CC=C(C)C=CC12OC1(C)CC(O)CC2(C)C. The first-order valence-electron chi connectivity index (χ1n) is 15.5. The summed E-state index contributed by atoms with van der Waals surface area (Å²) in [5.74, 6) is 0. The maximum atomic E-state index is 10.2. The number of aliphatic hydroxyl groups excluding tert-OH is 1. The maximum absolute atomic E-state index is 10.2. The molecule has 1 aliphatic carbocycles. The molecule has 1 saturated carbocycles. The lowest BCUT2D eigenvalue weighted by Gasteiger charge is -2.39. The lowest BCUT2D eigenvalue weighted by Crippen LogP contribution is -2.46. The topological polar surface area (TPSA) is 32.8 Å². The molecule has 228 valence electrons. The zero-order valence-electron chi connectivity index (χ0n) is 28.0. The van der Waals surface area contributed by atoms with Crippen LogP contribution in [0.2, 0.25) is 0 Å². The number of epoxide rings is 1. The van der Waals surface area contributed by atoms with Crippen LogP contribution in [-0.2, 0) is 4.74 Å². The molecule has 0 aromatic heterocycles. The summed E-state index contributed by atoms with van der Waals surface area (Å²) in [6.45, 7) is 21.5. The molecule has 1 heterocycles. The number of allylic oxidation sites excluding steroid dienone is 21. The second-order valence-electron chi connectivity index (χ2n) is 13.3. The van der Waals surface area contributed by atoms with E-state index >= 15 is 0 Å². The Bertz CT molecular complexity index is 1260. The molecule has 1 aliphatic heterocycles. The summed E-state index contributed by atoms with van der Waals surface area (Å²) in [5.41, 5.74) is 6.94. The number of rotatable bonds is 13. The Kier molecular flexibility index (Phi) is 13.5. The lowest BCUT2D eigenvalue weighted by molar-refractivity contribution is 0.0515. The Morgan fingerprint density at radius 1 is 0.667 bits per heavy atom. The van der Waals surface area contributed by atoms with Crippen LogP contribution >= 0.6 is 0 Å². The first kappa shape index (κ1) is 35.3. The molecule has 0 spiro atoms. The smallest absolute Gasteiger partial charge is 0.121 e. The summed E-state index contributed by atoms with van der Waals surface area (Å²) >= 11 is 0. The van der Waals surface area contributed by atoms with Crippen LogP contribution in [0.1, 0.15) is 94.9 Å². The third-order valence-electron chi connectivity index (χ3n) is 8.18. The lowest BCUT2D eigenvalue weighted by atomic mass is 9.63. The number of ether oxygens (including phenoxy) is 1. The molecule has 2 nitrogen and oxygen atoms in total. The van der Waals surface area contributed by atoms with E-state index in [1.54, 1.807) is 0 Å². The average Bonchev–Trinajstić information content (AvgIpc) is 3.50. The molecule has 2 rings (SSSR count). The Labute approximate surface area is 257 Å². The van der Waals surface area contributed by atoms with Crippen LogP contribution in [0.25, 0.3) is 0 Å². The second-order valence-corrected chi connectivity index (χ2v) is 13.3. The largest absolute Gasteiger partial charge is 0.393 e. The van der Waals surface area contributed by atoms with Gasteiger partial charge in [-0.25, -0.2) is 0 Å². The summed E-state index contributed by atoms with van der Waals surface area (Å²) in [7, 11) is 0. The van der Waals surface area contributed by atoms with Crippen molar-refractivity contribution in [1.82, 2.24) is 0 Å². The van der Waals surface area contributed by atoms with Crippen LogP contribution < -0.4 is 0 Å². The summed E-state index contributed by atoms with van der Waals surface area (Å²) in [4.78, 5) is 0. The van der Waals surface area contributed by atoms with Crippen LogP contribution in [0.15, 0.2) is 131 Å². The van der Waals surface area contributed by atoms with Crippen LogP contribution in [-0.4, -0.2) is 22.4 Å². The van der Waals surface area contributed by atoms with Gasteiger partial charge in [0, 0.05) is 11.8 Å². The molecule has 3 atom stereocenters. The van der Waals surface area contributed by atoms with E-state index in [0.717, 1.165) is 19.3 Å². The van der Waals surface area contributed by atoms with Crippen molar-refractivity contribution in [2.24, 2.45) is 5.41 Å². The summed E-state index contributed by atoms with van der Waals surface area (Å²) in [5, 5.41) is 10.2. The molecule has 3 unspecified atom stereocenters. The Morgan fingerprint density at radius 3 is 1.64 bits per heavy atom. The van der Waals surface area contributed by atoms with Crippen molar-refractivity contribution < 1.29 is 9.84 Å². The highest BCUT2D eigenvalue weighted by molar-refractivity contribution is 5.37. The minimum atomic E-state index is -0.285. The van der Waals surface area contributed by atoms with Gasteiger partial charge in [0.15, 0.2) is 0 Å². The van der Waals surface area contributed by atoms with E-state index in [2.05, 4.69) is 166 Å². The molecule has 1 N–H and O–H groups in total. The predicted octanol–water partition coefficient (Wildman–Crippen LogP) is 11.0. The molecule has 42 heavy (non-hydrogen) atoms. The van der Waals surface area contributed by atoms with Gasteiger partial charge in [-0.15, -0.1) is 0 Å². The van der Waals surface area contributed by atoms with Gasteiger partial charge in [0.2, 0.25) is 0 Å². The third kappa shape index (κ3) is 11.0. The average molecular weight is 569 g/mol. The molecule has 0 radical (unpaired) electrons. The Hall–Kier alpha value is -2.94. The molecule has 0 amide bonds. The minimum Gasteiger partial charge on any atom is -0.393 e. The zero-order chi connectivity index (χ0) is 31.4. The van der Waals surface area contributed by atoms with Crippen molar-refractivity contribution in [3.8, 4) is 0 Å². The van der Waals surface area contributed by atoms with E-state index in [4.69, 9.17) is 4.74 Å². The van der Waals surface area contributed by atoms with Crippen LogP contribution in [0, 0.1) is 5.41 Å². The summed E-state index contributed by atoms with van der Waals surface area (Å²) in [6.07, 6.45) is 37.7. The standard InChI is InChI=1S/C40H56O2/c1-31(2)17-13-20-34(5)23-15-25-35(6)24-14-21-32(3)18-11-12-19-33(4)22-16-26-36(7)27-28-40-38(8,9)29-37(41)30-39(40,10)42-40/h11-12,14-19,21-28,37,41H,13,20,29-30H2,1-10H3. The summed E-state index contributed by atoms with van der Waals surface area (Å²) in [6, 6.07) is 0. The molecule has 2 fully saturated rings. The summed E-state index contributed by atoms with van der Waals surface area (Å²) < 4.78 is 6.25. The fourth-order valence-corrected chi connectivity index (χ4v) is 5.70. The fraction of sp³-hybridized carbons (Fsp3) is 0.450. The van der Waals surface area contributed by atoms with Gasteiger partial charge in [0.1, 0.15) is 11.2 Å².